The van der Waals surface area contributed by atoms with Gasteiger partial charge in [-0.05, 0) is 76.3 Å². The number of likely N-dealkylation sites (N-methyl/N-ethyl adjacent to an activating group) is 1. The molecule has 1 aromatic rings. The van der Waals surface area contributed by atoms with Gasteiger partial charge in [-0.3, -0.25) is 0 Å². The average Bonchev–Trinajstić information content (AvgIpc) is 2.47. The number of quaternary nitrogens is 1. The molecule has 0 heterocycles. The van der Waals surface area contributed by atoms with Crippen LogP contribution in [0.4, 0.5) is 0 Å². The van der Waals surface area contributed by atoms with E-state index in [1.807, 2.05) is 27.7 Å². The Hall–Kier alpha value is -0.910. The molecular formula is C17H31N2O2S+. The van der Waals surface area contributed by atoms with Crippen LogP contribution in [-0.4, -0.2) is 34.6 Å². The van der Waals surface area contributed by atoms with Crippen molar-refractivity contribution in [1.29, 1.82) is 0 Å². The second-order valence-electron chi connectivity index (χ2n) is 6.06. The van der Waals surface area contributed by atoms with Crippen LogP contribution in [0, 0.1) is 34.6 Å². The molecule has 0 saturated carbocycles. The topological polar surface area (TPSA) is 50.6 Å². The molecule has 0 aliphatic carbocycles. The molecule has 0 radical (unpaired) electrons. The standard InChI is InChI=1S/C17H30N2O2S/c1-8-19(9-2)11-10-18-22(20,21)17-15(6)13(4)12(3)14(5)16(17)7/h18H,8-11H2,1-7H3/p+1. The molecule has 0 bridgehead atoms. The van der Waals surface area contributed by atoms with Gasteiger partial charge in [0.15, 0.2) is 0 Å². The summed E-state index contributed by atoms with van der Waals surface area (Å²) in [5.74, 6) is 0. The molecule has 0 aliphatic heterocycles. The van der Waals surface area contributed by atoms with Crippen molar-refractivity contribution in [3.8, 4) is 0 Å². The maximum Gasteiger partial charge on any atom is 0.241 e. The second kappa shape index (κ2) is 7.57. The molecule has 2 N–H and O–H groups in total. The van der Waals surface area contributed by atoms with E-state index in [2.05, 4.69) is 25.5 Å². The molecule has 0 aliphatic rings. The monoisotopic (exact) mass is 327 g/mol. The Morgan fingerprint density at radius 2 is 1.23 bits per heavy atom. The third-order valence-electron chi connectivity index (χ3n) is 4.97. The number of sulfonamides is 1. The average molecular weight is 328 g/mol. The largest absolute Gasteiger partial charge is 0.334 e. The lowest BCUT2D eigenvalue weighted by atomic mass is 9.95. The van der Waals surface area contributed by atoms with Gasteiger partial charge < -0.3 is 4.90 Å². The number of hydrogen-bond donors (Lipinski definition) is 2. The Morgan fingerprint density at radius 3 is 1.64 bits per heavy atom. The first kappa shape index (κ1) is 19.1. The van der Waals surface area contributed by atoms with Crippen molar-refractivity contribution in [1.82, 2.24) is 4.72 Å². The van der Waals surface area contributed by atoms with Crippen molar-refractivity contribution < 1.29 is 13.3 Å². The van der Waals surface area contributed by atoms with E-state index in [4.69, 9.17) is 0 Å². The van der Waals surface area contributed by atoms with Crippen LogP contribution in [0.5, 0.6) is 0 Å². The molecule has 0 aromatic heterocycles. The smallest absolute Gasteiger partial charge is 0.241 e. The summed E-state index contributed by atoms with van der Waals surface area (Å²) < 4.78 is 28.2. The third kappa shape index (κ3) is 3.89. The summed E-state index contributed by atoms with van der Waals surface area (Å²) in [5, 5.41) is 0. The van der Waals surface area contributed by atoms with E-state index >= 15 is 0 Å². The van der Waals surface area contributed by atoms with Gasteiger partial charge in [-0.1, -0.05) is 0 Å². The zero-order valence-corrected chi connectivity index (χ0v) is 15.9. The first-order valence-electron chi connectivity index (χ1n) is 8.07. The van der Waals surface area contributed by atoms with Crippen molar-refractivity contribution in [2.24, 2.45) is 0 Å². The molecule has 0 atom stereocenters. The highest BCUT2D eigenvalue weighted by molar-refractivity contribution is 7.89. The summed E-state index contributed by atoms with van der Waals surface area (Å²) in [6.07, 6.45) is 0. The Kier molecular flexibility index (Phi) is 6.59. The van der Waals surface area contributed by atoms with Crippen molar-refractivity contribution >= 4 is 10.0 Å². The predicted molar refractivity (Wildman–Crippen MR) is 92.2 cm³/mol. The maximum absolute atomic E-state index is 12.7. The van der Waals surface area contributed by atoms with E-state index in [1.165, 1.54) is 10.5 Å². The number of benzene rings is 1. The summed E-state index contributed by atoms with van der Waals surface area (Å²) >= 11 is 0. The molecule has 5 heteroatoms. The molecule has 4 nitrogen and oxygen atoms in total. The molecule has 0 amide bonds. The van der Waals surface area contributed by atoms with Crippen LogP contribution in [-0.2, 0) is 10.0 Å². The third-order valence-corrected chi connectivity index (χ3v) is 6.70. The van der Waals surface area contributed by atoms with Gasteiger partial charge in [-0.2, -0.15) is 0 Å². The highest BCUT2D eigenvalue weighted by Gasteiger charge is 2.23. The molecule has 126 valence electrons. The zero-order valence-electron chi connectivity index (χ0n) is 15.1. The van der Waals surface area contributed by atoms with Gasteiger partial charge in [-0.15, -0.1) is 0 Å². The van der Waals surface area contributed by atoms with E-state index < -0.39 is 10.0 Å². The van der Waals surface area contributed by atoms with Crippen molar-refractivity contribution in [2.75, 3.05) is 26.2 Å². The van der Waals surface area contributed by atoms with E-state index in [0.29, 0.717) is 11.4 Å². The number of hydrogen-bond acceptors (Lipinski definition) is 2. The minimum Gasteiger partial charge on any atom is -0.334 e. The van der Waals surface area contributed by atoms with Crippen LogP contribution < -0.4 is 9.62 Å². The lowest BCUT2D eigenvalue weighted by Gasteiger charge is -2.20. The van der Waals surface area contributed by atoms with E-state index in [9.17, 15) is 8.42 Å². The molecule has 22 heavy (non-hydrogen) atoms. The fourth-order valence-electron chi connectivity index (χ4n) is 2.91. The molecule has 0 fully saturated rings. The van der Waals surface area contributed by atoms with Gasteiger partial charge in [-0.25, -0.2) is 13.1 Å². The highest BCUT2D eigenvalue weighted by atomic mass is 32.2. The maximum atomic E-state index is 12.7. The summed E-state index contributed by atoms with van der Waals surface area (Å²) in [7, 11) is -3.46. The van der Waals surface area contributed by atoms with Crippen molar-refractivity contribution in [3.63, 3.8) is 0 Å². The van der Waals surface area contributed by atoms with Gasteiger partial charge in [0.25, 0.3) is 0 Å². The zero-order chi connectivity index (χ0) is 17.1. The Balaban J connectivity index is 3.09. The van der Waals surface area contributed by atoms with E-state index in [0.717, 1.165) is 41.9 Å². The quantitative estimate of drug-likeness (QED) is 0.796. The number of rotatable bonds is 7. The van der Waals surface area contributed by atoms with Crippen LogP contribution in [0.2, 0.25) is 0 Å². The Labute approximate surface area is 136 Å². The van der Waals surface area contributed by atoms with Crippen LogP contribution in [0.3, 0.4) is 0 Å². The first-order valence-corrected chi connectivity index (χ1v) is 9.55. The normalized spacial score (nSPS) is 12.2. The molecule has 1 aromatic carbocycles. The van der Waals surface area contributed by atoms with Crippen LogP contribution in [0.25, 0.3) is 0 Å². The Bertz CT molecular complexity index is 604. The summed E-state index contributed by atoms with van der Waals surface area (Å²) in [4.78, 5) is 1.86. The van der Waals surface area contributed by atoms with E-state index in [1.54, 1.807) is 0 Å². The minimum absolute atomic E-state index is 0.461. The molecule has 0 spiro atoms. The van der Waals surface area contributed by atoms with Crippen molar-refractivity contribution in [3.05, 3.63) is 27.8 Å². The SMILES string of the molecule is CC[NH+](CC)CCNS(=O)(=O)c1c(C)c(C)c(C)c(C)c1C. The lowest BCUT2D eigenvalue weighted by molar-refractivity contribution is -0.895. The van der Waals surface area contributed by atoms with Gasteiger partial charge in [0.05, 0.1) is 31.1 Å². The van der Waals surface area contributed by atoms with Gasteiger partial charge in [0.2, 0.25) is 10.0 Å². The Morgan fingerprint density at radius 1 is 0.818 bits per heavy atom. The van der Waals surface area contributed by atoms with Gasteiger partial charge in [0.1, 0.15) is 0 Å². The number of nitrogens with one attached hydrogen (secondary N) is 2. The molecular weight excluding hydrogens is 296 g/mol. The molecule has 0 unspecified atom stereocenters. The van der Waals surface area contributed by atoms with Crippen LogP contribution in [0.1, 0.15) is 41.7 Å². The first-order chi connectivity index (χ1) is 10.2. The summed E-state index contributed by atoms with van der Waals surface area (Å²) in [6.45, 7) is 17.4. The fourth-order valence-corrected chi connectivity index (χ4v) is 4.53. The predicted octanol–water partition coefficient (Wildman–Crippen LogP) is 1.43. The van der Waals surface area contributed by atoms with Gasteiger partial charge in [0, 0.05) is 0 Å². The summed E-state index contributed by atoms with van der Waals surface area (Å²) in [6, 6.07) is 0. The minimum atomic E-state index is -3.46. The van der Waals surface area contributed by atoms with Crippen LogP contribution >= 0.6 is 0 Å². The van der Waals surface area contributed by atoms with Gasteiger partial charge >= 0.3 is 0 Å². The second-order valence-corrected chi connectivity index (χ2v) is 7.76. The van der Waals surface area contributed by atoms with E-state index in [-0.39, 0.29) is 0 Å². The summed E-state index contributed by atoms with van der Waals surface area (Å²) in [5.41, 5.74) is 5.05. The highest BCUT2D eigenvalue weighted by Crippen LogP contribution is 2.29. The lowest BCUT2D eigenvalue weighted by Crippen LogP contribution is -3.12. The molecule has 1 rings (SSSR count). The van der Waals surface area contributed by atoms with Crippen LogP contribution in [0.15, 0.2) is 4.90 Å². The van der Waals surface area contributed by atoms with Crippen molar-refractivity contribution in [2.45, 2.75) is 53.4 Å². The fraction of sp³-hybridized carbons (Fsp3) is 0.647. The molecule has 0 saturated heterocycles.